The number of carbonyl (C=O) groups is 1. The Morgan fingerprint density at radius 1 is 1.50 bits per heavy atom. The Morgan fingerprint density at radius 3 is 2.50 bits per heavy atom. The van der Waals surface area contributed by atoms with Crippen molar-refractivity contribution < 1.29 is 23.1 Å². The highest BCUT2D eigenvalue weighted by Gasteiger charge is 2.29. The number of hydrogen-bond acceptors (Lipinski definition) is 2. The van der Waals surface area contributed by atoms with Gasteiger partial charge in [-0.05, 0) is 19.9 Å². The van der Waals surface area contributed by atoms with Crippen LogP contribution in [0.2, 0.25) is 0 Å². The highest BCUT2D eigenvalue weighted by molar-refractivity contribution is 5.66. The van der Waals surface area contributed by atoms with Gasteiger partial charge in [0.25, 0.3) is 0 Å². The molecule has 0 aliphatic rings. The highest BCUT2D eigenvalue weighted by atomic mass is 19.4. The van der Waals surface area contributed by atoms with Crippen molar-refractivity contribution in [3.8, 4) is 0 Å². The Kier molecular flexibility index (Phi) is 5.52. The number of aliphatic carboxylic acids is 1. The van der Waals surface area contributed by atoms with E-state index >= 15 is 0 Å². The molecule has 0 fully saturated rings. The van der Waals surface area contributed by atoms with E-state index in [-0.39, 0.29) is 6.42 Å². The SMILES string of the molecule is CC(CC(F)(F)F)NCCCC(=O)O. The number of carboxylic acid groups (broad SMARTS) is 1. The van der Waals surface area contributed by atoms with Crippen LogP contribution in [0.5, 0.6) is 0 Å². The lowest BCUT2D eigenvalue weighted by molar-refractivity contribution is -0.140. The van der Waals surface area contributed by atoms with Crippen LogP contribution in [0.25, 0.3) is 0 Å². The van der Waals surface area contributed by atoms with Crippen LogP contribution in [0.3, 0.4) is 0 Å². The van der Waals surface area contributed by atoms with Crippen molar-refractivity contribution in [2.75, 3.05) is 6.54 Å². The molecule has 0 aliphatic heterocycles. The molecule has 84 valence electrons. The van der Waals surface area contributed by atoms with E-state index in [1.165, 1.54) is 6.92 Å². The van der Waals surface area contributed by atoms with E-state index in [0.717, 1.165) is 0 Å². The lowest BCUT2D eigenvalue weighted by Gasteiger charge is -2.15. The summed E-state index contributed by atoms with van der Waals surface area (Å²) in [5, 5.41) is 10.9. The summed E-state index contributed by atoms with van der Waals surface area (Å²) in [5.41, 5.74) is 0. The Balaban J connectivity index is 3.45. The summed E-state index contributed by atoms with van der Waals surface area (Å²) in [6, 6.07) is -0.663. The Labute approximate surface area is 80.3 Å². The molecule has 0 aromatic rings. The largest absolute Gasteiger partial charge is 0.481 e. The normalized spacial score (nSPS) is 14.0. The van der Waals surface area contributed by atoms with Gasteiger partial charge in [0.05, 0.1) is 6.42 Å². The molecule has 0 rings (SSSR count). The molecule has 0 aromatic carbocycles. The minimum absolute atomic E-state index is 0.0221. The quantitative estimate of drug-likeness (QED) is 0.661. The molecule has 0 spiro atoms. The molecule has 1 unspecified atom stereocenters. The Hall–Kier alpha value is -0.780. The predicted molar refractivity (Wildman–Crippen MR) is 45.0 cm³/mol. The van der Waals surface area contributed by atoms with Crippen LogP contribution in [-0.4, -0.2) is 29.8 Å². The smallest absolute Gasteiger partial charge is 0.390 e. The van der Waals surface area contributed by atoms with Gasteiger partial charge in [-0.15, -0.1) is 0 Å². The lowest BCUT2D eigenvalue weighted by Crippen LogP contribution is -2.32. The van der Waals surface area contributed by atoms with E-state index in [1.54, 1.807) is 0 Å². The molecule has 0 heterocycles. The molecule has 0 aliphatic carbocycles. The third-order valence-electron chi connectivity index (χ3n) is 1.60. The first kappa shape index (κ1) is 13.2. The van der Waals surface area contributed by atoms with E-state index in [9.17, 15) is 18.0 Å². The summed E-state index contributed by atoms with van der Waals surface area (Å²) >= 11 is 0. The lowest BCUT2D eigenvalue weighted by atomic mass is 10.2. The van der Waals surface area contributed by atoms with Gasteiger partial charge < -0.3 is 10.4 Å². The van der Waals surface area contributed by atoms with Crippen LogP contribution < -0.4 is 5.32 Å². The summed E-state index contributed by atoms with van der Waals surface area (Å²) in [5.74, 6) is -0.935. The molecule has 0 radical (unpaired) electrons. The van der Waals surface area contributed by atoms with Crippen LogP contribution in [-0.2, 0) is 4.79 Å². The van der Waals surface area contributed by atoms with Gasteiger partial charge in [-0.2, -0.15) is 13.2 Å². The first-order valence-electron chi connectivity index (χ1n) is 4.33. The first-order chi connectivity index (χ1) is 6.31. The first-order valence-corrected chi connectivity index (χ1v) is 4.33. The van der Waals surface area contributed by atoms with E-state index in [4.69, 9.17) is 5.11 Å². The molecule has 1 atom stereocenters. The van der Waals surface area contributed by atoms with Gasteiger partial charge in [0, 0.05) is 12.5 Å². The van der Waals surface area contributed by atoms with E-state index in [1.807, 2.05) is 0 Å². The maximum absolute atomic E-state index is 11.8. The Bertz CT molecular complexity index is 182. The van der Waals surface area contributed by atoms with Crippen molar-refractivity contribution in [3.63, 3.8) is 0 Å². The average Bonchev–Trinajstić information content (AvgIpc) is 1.94. The summed E-state index contributed by atoms with van der Waals surface area (Å²) in [6.07, 6.45) is -4.73. The molecule has 0 saturated carbocycles. The van der Waals surface area contributed by atoms with E-state index in [0.29, 0.717) is 13.0 Å². The number of hydrogen-bond donors (Lipinski definition) is 2. The summed E-state index contributed by atoms with van der Waals surface area (Å²) < 4.78 is 35.4. The number of carboxylic acids is 1. The zero-order valence-corrected chi connectivity index (χ0v) is 7.90. The molecule has 2 N–H and O–H groups in total. The molecule has 0 bridgehead atoms. The van der Waals surface area contributed by atoms with Gasteiger partial charge in [0.1, 0.15) is 0 Å². The number of alkyl halides is 3. The number of nitrogens with one attached hydrogen (secondary N) is 1. The zero-order valence-electron chi connectivity index (χ0n) is 7.90. The molecule has 0 saturated heterocycles. The maximum Gasteiger partial charge on any atom is 0.390 e. The number of rotatable bonds is 6. The Morgan fingerprint density at radius 2 is 2.07 bits per heavy atom. The fraction of sp³-hybridized carbons (Fsp3) is 0.875. The monoisotopic (exact) mass is 213 g/mol. The van der Waals surface area contributed by atoms with Crippen molar-refractivity contribution in [1.82, 2.24) is 5.32 Å². The second-order valence-corrected chi connectivity index (χ2v) is 3.17. The second kappa shape index (κ2) is 5.85. The minimum Gasteiger partial charge on any atom is -0.481 e. The van der Waals surface area contributed by atoms with Crippen molar-refractivity contribution in [1.29, 1.82) is 0 Å². The third-order valence-corrected chi connectivity index (χ3v) is 1.60. The van der Waals surface area contributed by atoms with Crippen molar-refractivity contribution in [2.24, 2.45) is 0 Å². The summed E-state index contributed by atoms with van der Waals surface area (Å²) in [6.45, 7) is 1.72. The maximum atomic E-state index is 11.8. The van der Waals surface area contributed by atoms with Crippen molar-refractivity contribution in [2.45, 2.75) is 38.4 Å². The van der Waals surface area contributed by atoms with Gasteiger partial charge >= 0.3 is 12.1 Å². The van der Waals surface area contributed by atoms with E-state index in [2.05, 4.69) is 5.32 Å². The van der Waals surface area contributed by atoms with Gasteiger partial charge in [-0.3, -0.25) is 4.79 Å². The van der Waals surface area contributed by atoms with Crippen molar-refractivity contribution >= 4 is 5.97 Å². The van der Waals surface area contributed by atoms with Crippen LogP contribution >= 0.6 is 0 Å². The fourth-order valence-electron chi connectivity index (χ4n) is 1.01. The molecule has 0 aromatic heterocycles. The average molecular weight is 213 g/mol. The van der Waals surface area contributed by atoms with Crippen LogP contribution in [0.4, 0.5) is 13.2 Å². The molecule has 6 heteroatoms. The van der Waals surface area contributed by atoms with Crippen molar-refractivity contribution in [3.05, 3.63) is 0 Å². The van der Waals surface area contributed by atoms with E-state index < -0.39 is 24.6 Å². The van der Waals surface area contributed by atoms with Gasteiger partial charge in [0.15, 0.2) is 0 Å². The highest BCUT2D eigenvalue weighted by Crippen LogP contribution is 2.21. The standard InChI is InChI=1S/C8H14F3NO2/c1-6(5-8(9,10)11)12-4-2-3-7(13)14/h6,12H,2-5H2,1H3,(H,13,14). The molecular formula is C8H14F3NO2. The zero-order chi connectivity index (χ0) is 11.2. The van der Waals surface area contributed by atoms with Crippen LogP contribution in [0, 0.1) is 0 Å². The molecule has 14 heavy (non-hydrogen) atoms. The second-order valence-electron chi connectivity index (χ2n) is 3.17. The minimum atomic E-state index is -4.17. The summed E-state index contributed by atoms with van der Waals surface area (Å²) in [7, 11) is 0. The number of halogens is 3. The van der Waals surface area contributed by atoms with Gasteiger partial charge in [-0.1, -0.05) is 0 Å². The predicted octanol–water partition coefficient (Wildman–Crippen LogP) is 1.78. The van der Waals surface area contributed by atoms with Crippen LogP contribution in [0.1, 0.15) is 26.2 Å². The molecule has 0 amide bonds. The fourth-order valence-corrected chi connectivity index (χ4v) is 1.01. The molecular weight excluding hydrogens is 199 g/mol. The third kappa shape index (κ3) is 9.31. The van der Waals surface area contributed by atoms with Gasteiger partial charge in [-0.25, -0.2) is 0 Å². The van der Waals surface area contributed by atoms with Crippen LogP contribution in [0.15, 0.2) is 0 Å². The van der Waals surface area contributed by atoms with Gasteiger partial charge in [0.2, 0.25) is 0 Å². The topological polar surface area (TPSA) is 49.3 Å². The summed E-state index contributed by atoms with van der Waals surface area (Å²) in [4.78, 5) is 10.1. The molecule has 3 nitrogen and oxygen atoms in total.